The number of hydrogen-bond donors (Lipinski definition) is 6. The summed E-state index contributed by atoms with van der Waals surface area (Å²) >= 11 is 5.94. The summed E-state index contributed by atoms with van der Waals surface area (Å²) in [5.74, 6) is 0.0908. The molecule has 0 amide bonds. The van der Waals surface area contributed by atoms with E-state index in [1.54, 1.807) is 26.0 Å². The molecule has 0 aliphatic carbocycles. The lowest BCUT2D eigenvalue weighted by Gasteiger charge is -2.27. The largest absolute Gasteiger partial charge is 0.544 e. The zero-order valence-corrected chi connectivity index (χ0v) is 23.3. The van der Waals surface area contributed by atoms with E-state index in [2.05, 4.69) is 25.7 Å². The molecule has 1 aromatic carbocycles. The Hall–Kier alpha value is -2.62. The minimum absolute atomic E-state index is 0.149. The second kappa shape index (κ2) is 11.5. The number of aliphatic hydroxyl groups excluding tert-OH is 1. The van der Waals surface area contributed by atoms with E-state index in [0.717, 1.165) is 0 Å². The Morgan fingerprint density at radius 1 is 1.36 bits per heavy atom. The third-order valence-electron chi connectivity index (χ3n) is 5.94. The fourth-order valence-electron chi connectivity index (χ4n) is 3.96. The first-order chi connectivity index (χ1) is 18.3. The van der Waals surface area contributed by atoms with Gasteiger partial charge in [0.25, 0.3) is 0 Å². The Morgan fingerprint density at radius 2 is 2.05 bits per heavy atom. The third kappa shape index (κ3) is 6.42. The normalized spacial score (nSPS) is 26.8. The van der Waals surface area contributed by atoms with Crippen LogP contribution in [0.1, 0.15) is 45.4 Å². The Morgan fingerprint density at radius 3 is 2.72 bits per heavy atom. The van der Waals surface area contributed by atoms with Crippen LogP contribution in [-0.2, 0) is 18.8 Å². The molecule has 0 spiro atoms. The summed E-state index contributed by atoms with van der Waals surface area (Å²) in [4.78, 5) is 27.8. The average molecular weight is 589 g/mol. The zero-order chi connectivity index (χ0) is 28.5. The predicted octanol–water partition coefficient (Wildman–Crippen LogP) is 0.398. The van der Waals surface area contributed by atoms with Gasteiger partial charge in [0.1, 0.15) is 37.1 Å². The quantitative estimate of drug-likeness (QED) is 0.164. The van der Waals surface area contributed by atoms with Crippen molar-refractivity contribution in [3.63, 3.8) is 0 Å². The van der Waals surface area contributed by atoms with Gasteiger partial charge in [-0.25, -0.2) is 9.67 Å². The van der Waals surface area contributed by atoms with E-state index >= 15 is 0 Å². The number of nitrogens with one attached hydrogen (secondary N) is 2. The van der Waals surface area contributed by atoms with Crippen LogP contribution in [0.4, 0.5) is 0 Å². The Balaban J connectivity index is 1.52. The minimum Gasteiger partial charge on any atom is -0.462 e. The first-order valence-electron chi connectivity index (χ1n) is 12.1. The van der Waals surface area contributed by atoms with Gasteiger partial charge in [-0.05, 0) is 52.0 Å². The van der Waals surface area contributed by atoms with Crippen LogP contribution in [0.15, 0.2) is 29.3 Å². The highest BCUT2D eigenvalue weighted by molar-refractivity contribution is 7.58. The second-order valence-corrected chi connectivity index (χ2v) is 11.7. The third-order valence-corrected chi connectivity index (χ3v) is 7.86. The molecular weight excluding hydrogens is 557 g/mol. The molecular formula is C22H32ClN7O8P+. The van der Waals surface area contributed by atoms with Crippen molar-refractivity contribution in [2.75, 3.05) is 18.7 Å². The van der Waals surface area contributed by atoms with Gasteiger partial charge in [0.05, 0.1) is 6.10 Å². The molecule has 7 N–H and O–H groups in total. The van der Waals surface area contributed by atoms with Crippen molar-refractivity contribution < 1.29 is 38.4 Å². The van der Waals surface area contributed by atoms with Gasteiger partial charge in [0, 0.05) is 5.02 Å². The van der Waals surface area contributed by atoms with Crippen LogP contribution in [0.5, 0.6) is 5.75 Å². The first-order valence-corrected chi connectivity index (χ1v) is 14.0. The Labute approximate surface area is 229 Å². The molecule has 1 saturated heterocycles. The molecule has 214 valence electrons. The number of rotatable bonds is 10. The molecule has 17 heteroatoms. The van der Waals surface area contributed by atoms with Crippen molar-refractivity contribution in [1.82, 2.24) is 20.0 Å². The van der Waals surface area contributed by atoms with E-state index in [4.69, 9.17) is 35.9 Å². The fraction of sp³-hybridized carbons (Fsp3) is 0.545. The van der Waals surface area contributed by atoms with Crippen molar-refractivity contribution in [3.05, 3.63) is 40.9 Å². The number of aromatic nitrogens is 3. The number of amidine groups is 1. The maximum atomic E-state index is 12.4. The van der Waals surface area contributed by atoms with Crippen LogP contribution in [-0.4, -0.2) is 85.0 Å². The topological polar surface area (TPSA) is 208 Å². The van der Waals surface area contributed by atoms with E-state index in [1.165, 1.54) is 30.7 Å². The average Bonchev–Trinajstić information content (AvgIpc) is 3.38. The lowest BCUT2D eigenvalue weighted by molar-refractivity contribution is -0.149. The number of halogens is 1. The number of aliphatic hydroxyl groups is 2. The summed E-state index contributed by atoms with van der Waals surface area (Å²) in [5, 5.41) is 33.2. The number of ether oxygens (including phenoxy) is 2. The summed E-state index contributed by atoms with van der Waals surface area (Å²) < 4.78 is 24.0. The smallest absolute Gasteiger partial charge is 0.462 e. The number of benzene rings is 1. The molecule has 2 aliphatic rings. The molecule has 6 atom stereocenters. The van der Waals surface area contributed by atoms with Gasteiger partial charge in [-0.1, -0.05) is 16.7 Å². The number of nitrogens with zero attached hydrogens (tertiary/aromatic N) is 4. The molecule has 2 aromatic rings. The second-order valence-electron chi connectivity index (χ2n) is 9.50. The van der Waals surface area contributed by atoms with Gasteiger partial charge >= 0.3 is 14.1 Å². The highest BCUT2D eigenvalue weighted by Crippen LogP contribution is 2.54. The minimum atomic E-state index is -4.03. The van der Waals surface area contributed by atoms with Crippen LogP contribution >= 0.6 is 19.7 Å². The summed E-state index contributed by atoms with van der Waals surface area (Å²) in [6, 6.07) is 5.09. The summed E-state index contributed by atoms with van der Waals surface area (Å²) in [7, 11) is -4.03. The fourth-order valence-corrected chi connectivity index (χ4v) is 5.61. The number of nitrogens with two attached hydrogens (primary N) is 1. The highest BCUT2D eigenvalue weighted by atomic mass is 35.5. The van der Waals surface area contributed by atoms with Crippen LogP contribution < -0.4 is 20.8 Å². The van der Waals surface area contributed by atoms with Crippen molar-refractivity contribution in [2.45, 2.75) is 63.8 Å². The van der Waals surface area contributed by atoms with Gasteiger partial charge in [-0.15, -0.1) is 10.2 Å². The molecule has 1 unspecified atom stereocenters. The number of hydrogen-bond acceptors (Lipinski definition) is 14. The predicted molar refractivity (Wildman–Crippen MR) is 140 cm³/mol. The standard InChI is InChI=1S/C22H32ClN7O8P/c1-11(2)36-21(32)12(3)29-39(34,38-14-7-5-13(23)6-8-14)35-9-15-16(31)22(4,33)17(37-15)19-27-28-20-18(24)25-10-26-30(19)20/h5-8,11-12,15-17,26,29,31,33-34H,9-10H2,1-4H3,(H2,24,25)/q+1/t12-,15+,16+,17-,22+,39?/m0/s1. The molecule has 0 bridgehead atoms. The number of esters is 1. The SMILES string of the molecule is CC(C)OC(=O)[C@H](C)N[P+](O)(OC[C@H]1O[C@@H](c2nnc3n2NCN=C3N)[C@](C)(O)[C@@H]1O)Oc1ccc(Cl)cc1. The van der Waals surface area contributed by atoms with Crippen LogP contribution in [0, 0.1) is 0 Å². The van der Waals surface area contributed by atoms with Gasteiger partial charge in [-0.2, -0.15) is 9.42 Å². The summed E-state index contributed by atoms with van der Waals surface area (Å²) in [5.41, 5.74) is 6.95. The van der Waals surface area contributed by atoms with Crippen LogP contribution in [0.2, 0.25) is 5.02 Å². The van der Waals surface area contributed by atoms with Crippen LogP contribution in [0.3, 0.4) is 0 Å². The van der Waals surface area contributed by atoms with Gasteiger partial charge in [-0.3, -0.25) is 9.32 Å². The number of aliphatic imine (C=N–C) groups is 1. The molecule has 0 saturated carbocycles. The highest BCUT2D eigenvalue weighted by Gasteiger charge is 2.57. The van der Waals surface area contributed by atoms with Gasteiger partial charge in [0.15, 0.2) is 23.5 Å². The van der Waals surface area contributed by atoms with E-state index in [-0.39, 0.29) is 36.0 Å². The number of carbonyl (C=O) groups excluding carboxylic acids is 1. The molecule has 3 heterocycles. The number of carbonyl (C=O) groups is 1. The molecule has 1 aromatic heterocycles. The molecule has 4 rings (SSSR count). The molecule has 2 aliphatic heterocycles. The van der Waals surface area contributed by atoms with E-state index in [0.29, 0.717) is 5.02 Å². The molecule has 39 heavy (non-hydrogen) atoms. The van der Waals surface area contributed by atoms with Crippen LogP contribution in [0.25, 0.3) is 0 Å². The van der Waals surface area contributed by atoms with Crippen molar-refractivity contribution >= 4 is 31.5 Å². The van der Waals surface area contributed by atoms with Crippen molar-refractivity contribution in [1.29, 1.82) is 0 Å². The monoisotopic (exact) mass is 588 g/mol. The summed E-state index contributed by atoms with van der Waals surface area (Å²) in [6.45, 7) is 5.94. The lowest BCUT2D eigenvalue weighted by atomic mass is 9.92. The Bertz CT molecular complexity index is 1210. The first kappa shape index (κ1) is 29.4. The maximum absolute atomic E-state index is 12.4. The molecule has 0 radical (unpaired) electrons. The van der Waals surface area contributed by atoms with Gasteiger partial charge in [0.2, 0.25) is 5.82 Å². The molecule has 15 nitrogen and oxygen atoms in total. The zero-order valence-electron chi connectivity index (χ0n) is 21.7. The maximum Gasteiger partial charge on any atom is 0.544 e. The number of fused-ring (bicyclic) bond motifs is 1. The lowest BCUT2D eigenvalue weighted by Crippen LogP contribution is -2.45. The summed E-state index contributed by atoms with van der Waals surface area (Å²) in [6.07, 6.45) is -4.16. The molecule has 1 fully saturated rings. The van der Waals surface area contributed by atoms with E-state index in [9.17, 15) is 19.9 Å². The van der Waals surface area contributed by atoms with Gasteiger partial charge < -0.3 is 30.8 Å². The van der Waals surface area contributed by atoms with E-state index < -0.39 is 50.6 Å². The van der Waals surface area contributed by atoms with Crippen molar-refractivity contribution in [3.8, 4) is 5.75 Å². The van der Waals surface area contributed by atoms with Crippen molar-refractivity contribution in [2.24, 2.45) is 10.7 Å². The Kier molecular flexibility index (Phi) is 8.64. The van der Waals surface area contributed by atoms with E-state index in [1.807, 2.05) is 0 Å².